The average molecular weight is 255 g/mol. The molecule has 1 fully saturated rings. The van der Waals surface area contributed by atoms with Crippen LogP contribution in [0.1, 0.15) is 12.8 Å². The van der Waals surface area contributed by atoms with E-state index in [1.54, 1.807) is 0 Å². The third-order valence-corrected chi connectivity index (χ3v) is 4.55. The van der Waals surface area contributed by atoms with Crippen LogP contribution in [0.5, 0.6) is 0 Å². The third kappa shape index (κ3) is 2.60. The topological polar surface area (TPSA) is 26.3 Å². The van der Waals surface area contributed by atoms with E-state index in [0.717, 1.165) is 11.7 Å². The van der Waals surface area contributed by atoms with Crippen molar-refractivity contribution in [3.8, 4) is 0 Å². The van der Waals surface area contributed by atoms with Crippen LogP contribution in [-0.4, -0.2) is 27.0 Å². The molecule has 1 atom stereocenters. The predicted octanol–water partition coefficient (Wildman–Crippen LogP) is 1.14. The Labute approximate surface area is 89.8 Å². The van der Waals surface area contributed by atoms with Crippen molar-refractivity contribution in [2.75, 3.05) is 0 Å². The zero-order valence-corrected chi connectivity index (χ0v) is 9.52. The van der Waals surface area contributed by atoms with Gasteiger partial charge in [0.25, 0.3) is 0 Å². The molecule has 0 N–H and O–H groups in total. The summed E-state index contributed by atoms with van der Waals surface area (Å²) in [5, 5.41) is 1.02. The number of rotatable bonds is 3. The van der Waals surface area contributed by atoms with Crippen molar-refractivity contribution in [3.05, 3.63) is 30.3 Å². The van der Waals surface area contributed by atoms with Gasteiger partial charge in [-0.2, -0.15) is 0 Å². The molecule has 2 rings (SSSR count). The van der Waals surface area contributed by atoms with Crippen LogP contribution in [0, 0.1) is 0 Å². The molecule has 0 radical (unpaired) electrons. The number of ether oxygens (including phenoxy) is 1. The van der Waals surface area contributed by atoms with Crippen molar-refractivity contribution in [2.45, 2.75) is 24.3 Å². The van der Waals surface area contributed by atoms with Gasteiger partial charge in [0.05, 0.1) is 0 Å². The summed E-state index contributed by atoms with van der Waals surface area (Å²) in [5.41, 5.74) is 0. The second-order valence-corrected chi connectivity index (χ2v) is 5.57. The summed E-state index contributed by atoms with van der Waals surface area (Å²) in [6.45, 7) is 0. The van der Waals surface area contributed by atoms with E-state index in [1.165, 1.54) is 4.46 Å². The second-order valence-electron chi connectivity index (χ2n) is 3.27. The van der Waals surface area contributed by atoms with E-state index >= 15 is 0 Å². The summed E-state index contributed by atoms with van der Waals surface area (Å²) < 4.78 is 6.54. The van der Waals surface area contributed by atoms with Gasteiger partial charge in [0.1, 0.15) is 0 Å². The zero-order valence-electron chi connectivity index (χ0n) is 7.81. The summed E-state index contributed by atoms with van der Waals surface area (Å²) in [6.07, 6.45) is 1.70. The predicted molar refractivity (Wildman–Crippen MR) is 55.8 cm³/mol. The summed E-state index contributed by atoms with van der Waals surface area (Å²) in [4.78, 5) is 10.8. The Balaban J connectivity index is 1.80. The number of hydrogen-bond donors (Lipinski definition) is 0. The van der Waals surface area contributed by atoms with Crippen molar-refractivity contribution in [1.82, 2.24) is 0 Å². The Kier molecular flexibility index (Phi) is 3.22. The molecule has 1 aliphatic rings. The number of hydrogen-bond acceptors (Lipinski definition) is 2. The van der Waals surface area contributed by atoms with Crippen LogP contribution in [-0.2, 0) is 9.53 Å². The van der Waals surface area contributed by atoms with E-state index in [1.807, 2.05) is 6.07 Å². The minimum atomic E-state index is -0.0288. The van der Waals surface area contributed by atoms with Crippen LogP contribution < -0.4 is 4.46 Å². The summed E-state index contributed by atoms with van der Waals surface area (Å²) >= 11 is 0.441. The molecule has 2 nitrogen and oxygen atoms in total. The van der Waals surface area contributed by atoms with Gasteiger partial charge >= 0.3 is 89.5 Å². The minimum absolute atomic E-state index is 0.0288. The van der Waals surface area contributed by atoms with Gasteiger partial charge < -0.3 is 0 Å². The van der Waals surface area contributed by atoms with Crippen LogP contribution in [0.15, 0.2) is 30.3 Å². The van der Waals surface area contributed by atoms with E-state index in [-0.39, 0.29) is 12.1 Å². The molecule has 1 aromatic carbocycles. The van der Waals surface area contributed by atoms with Crippen LogP contribution in [0.4, 0.5) is 0 Å². The van der Waals surface area contributed by atoms with Crippen LogP contribution >= 0.6 is 0 Å². The van der Waals surface area contributed by atoms with Crippen LogP contribution in [0.3, 0.4) is 0 Å². The van der Waals surface area contributed by atoms with Crippen molar-refractivity contribution in [3.63, 3.8) is 0 Å². The first-order valence-electron chi connectivity index (χ1n) is 4.72. The molecule has 1 heterocycles. The van der Waals surface area contributed by atoms with Crippen molar-refractivity contribution in [2.24, 2.45) is 0 Å². The SMILES string of the molecule is O=C1CCC(C[Se]c2ccccc2)O1. The Morgan fingerprint density at radius 1 is 1.36 bits per heavy atom. The van der Waals surface area contributed by atoms with Crippen LogP contribution in [0.2, 0.25) is 5.32 Å². The molecule has 1 unspecified atom stereocenters. The Hall–Kier alpha value is -0.791. The summed E-state index contributed by atoms with van der Waals surface area (Å²) in [5.74, 6) is -0.0288. The normalized spacial score (nSPS) is 20.9. The molecule has 1 saturated heterocycles. The molecule has 0 aromatic heterocycles. The Morgan fingerprint density at radius 3 is 2.79 bits per heavy atom. The number of esters is 1. The molecule has 0 spiro atoms. The average Bonchev–Trinajstić information content (AvgIpc) is 2.63. The fraction of sp³-hybridized carbons (Fsp3) is 0.364. The first kappa shape index (κ1) is 9.75. The van der Waals surface area contributed by atoms with Gasteiger partial charge in [0.2, 0.25) is 0 Å². The number of cyclic esters (lactones) is 1. The maximum absolute atomic E-state index is 10.8. The molecule has 0 aliphatic carbocycles. The van der Waals surface area contributed by atoms with Gasteiger partial charge in [-0.05, 0) is 0 Å². The number of carbonyl (C=O) groups excluding carboxylic acids is 1. The van der Waals surface area contributed by atoms with Crippen molar-refractivity contribution in [1.29, 1.82) is 0 Å². The standard InChI is InChI=1S/C11H12O2Se/c12-11-7-6-9(13-11)8-14-10-4-2-1-3-5-10/h1-5,9H,6-8H2. The molecular weight excluding hydrogens is 243 g/mol. The van der Waals surface area contributed by atoms with Crippen molar-refractivity contribution >= 4 is 25.4 Å². The van der Waals surface area contributed by atoms with E-state index in [0.29, 0.717) is 21.4 Å². The fourth-order valence-corrected chi connectivity index (χ4v) is 3.43. The van der Waals surface area contributed by atoms with E-state index in [4.69, 9.17) is 4.74 Å². The van der Waals surface area contributed by atoms with Gasteiger partial charge in [-0.1, -0.05) is 0 Å². The van der Waals surface area contributed by atoms with Gasteiger partial charge in [-0.25, -0.2) is 0 Å². The molecular formula is C11H12O2Se. The van der Waals surface area contributed by atoms with Gasteiger partial charge in [-0.3, -0.25) is 0 Å². The fourth-order valence-electron chi connectivity index (χ4n) is 1.41. The van der Waals surface area contributed by atoms with Crippen molar-refractivity contribution < 1.29 is 9.53 Å². The monoisotopic (exact) mass is 256 g/mol. The first-order valence-corrected chi connectivity index (χ1v) is 6.79. The zero-order chi connectivity index (χ0) is 9.80. The van der Waals surface area contributed by atoms with Gasteiger partial charge in [0.15, 0.2) is 0 Å². The summed E-state index contributed by atoms with van der Waals surface area (Å²) in [7, 11) is 0. The second kappa shape index (κ2) is 4.63. The van der Waals surface area contributed by atoms with E-state index in [9.17, 15) is 4.79 Å². The molecule has 74 valence electrons. The molecule has 3 heteroatoms. The van der Waals surface area contributed by atoms with Gasteiger partial charge in [0, 0.05) is 0 Å². The van der Waals surface area contributed by atoms with Crippen LogP contribution in [0.25, 0.3) is 0 Å². The molecule has 0 amide bonds. The number of benzene rings is 1. The Bertz CT molecular complexity index is 310. The number of carbonyl (C=O) groups is 1. The molecule has 0 saturated carbocycles. The first-order chi connectivity index (χ1) is 6.84. The maximum atomic E-state index is 10.8. The molecule has 0 bridgehead atoms. The van der Waals surface area contributed by atoms with Gasteiger partial charge in [-0.15, -0.1) is 0 Å². The Morgan fingerprint density at radius 2 is 2.14 bits per heavy atom. The molecule has 1 aliphatic heterocycles. The quantitative estimate of drug-likeness (QED) is 0.598. The molecule has 14 heavy (non-hydrogen) atoms. The molecule has 1 aromatic rings. The summed E-state index contributed by atoms with van der Waals surface area (Å²) in [6, 6.07) is 10.4. The third-order valence-electron chi connectivity index (χ3n) is 2.15. The van der Waals surface area contributed by atoms with E-state index < -0.39 is 0 Å². The van der Waals surface area contributed by atoms with E-state index in [2.05, 4.69) is 24.3 Å².